The first-order chi connectivity index (χ1) is 11.5. The largest absolute Gasteiger partial charge is 0.491 e. The Morgan fingerprint density at radius 2 is 2.17 bits per heavy atom. The highest BCUT2D eigenvalue weighted by Gasteiger charge is 2.35. The molecule has 6 heteroatoms. The topological polar surface area (TPSA) is 67.9 Å². The predicted molar refractivity (Wildman–Crippen MR) is 90.6 cm³/mol. The van der Waals surface area contributed by atoms with Gasteiger partial charge in [0, 0.05) is 32.7 Å². The lowest BCUT2D eigenvalue weighted by atomic mass is 10.1. The molecule has 0 radical (unpaired) electrons. The molecular formula is C18H26N2O4. The van der Waals surface area contributed by atoms with Crippen molar-refractivity contribution < 1.29 is 19.1 Å². The molecule has 24 heavy (non-hydrogen) atoms. The SMILES string of the molecule is COCCOc1cccc(CNC(=O)C2CC(=O)N(C(C)C)C2)c1. The number of hydrogen-bond acceptors (Lipinski definition) is 4. The number of carbonyl (C=O) groups is 2. The zero-order valence-corrected chi connectivity index (χ0v) is 14.6. The molecule has 0 spiro atoms. The maximum absolute atomic E-state index is 12.3. The van der Waals surface area contributed by atoms with E-state index in [9.17, 15) is 9.59 Å². The molecule has 1 unspecified atom stereocenters. The summed E-state index contributed by atoms with van der Waals surface area (Å²) in [5, 5.41) is 2.92. The molecule has 2 rings (SSSR count). The van der Waals surface area contributed by atoms with Crippen molar-refractivity contribution in [2.24, 2.45) is 5.92 Å². The van der Waals surface area contributed by atoms with E-state index < -0.39 is 0 Å². The van der Waals surface area contributed by atoms with Crippen molar-refractivity contribution in [3.8, 4) is 5.75 Å². The molecule has 1 aliphatic heterocycles. The highest BCUT2D eigenvalue weighted by Crippen LogP contribution is 2.20. The van der Waals surface area contributed by atoms with Crippen LogP contribution in [0.5, 0.6) is 5.75 Å². The second-order valence-corrected chi connectivity index (χ2v) is 6.25. The first-order valence-electron chi connectivity index (χ1n) is 8.29. The second-order valence-electron chi connectivity index (χ2n) is 6.25. The van der Waals surface area contributed by atoms with Crippen LogP contribution in [0.1, 0.15) is 25.8 Å². The number of amides is 2. The fraction of sp³-hybridized carbons (Fsp3) is 0.556. The summed E-state index contributed by atoms with van der Waals surface area (Å²) >= 11 is 0. The van der Waals surface area contributed by atoms with Gasteiger partial charge in [0.2, 0.25) is 11.8 Å². The van der Waals surface area contributed by atoms with Crippen molar-refractivity contribution in [2.45, 2.75) is 32.9 Å². The normalized spacial score (nSPS) is 17.4. The van der Waals surface area contributed by atoms with Crippen LogP contribution in [0.3, 0.4) is 0 Å². The summed E-state index contributed by atoms with van der Waals surface area (Å²) in [6.45, 7) is 5.88. The van der Waals surface area contributed by atoms with Crippen LogP contribution in [0, 0.1) is 5.92 Å². The Hall–Kier alpha value is -2.08. The number of ether oxygens (including phenoxy) is 2. The maximum Gasteiger partial charge on any atom is 0.225 e. The van der Waals surface area contributed by atoms with Gasteiger partial charge in [0.15, 0.2) is 0 Å². The van der Waals surface area contributed by atoms with Gasteiger partial charge in [-0.2, -0.15) is 0 Å². The highest BCUT2D eigenvalue weighted by atomic mass is 16.5. The number of benzene rings is 1. The van der Waals surface area contributed by atoms with Gasteiger partial charge < -0.3 is 19.7 Å². The summed E-state index contributed by atoms with van der Waals surface area (Å²) in [5.74, 6) is 0.470. The zero-order valence-electron chi connectivity index (χ0n) is 14.6. The van der Waals surface area contributed by atoms with E-state index in [2.05, 4.69) is 5.32 Å². The lowest BCUT2D eigenvalue weighted by Crippen LogP contribution is -2.35. The van der Waals surface area contributed by atoms with Gasteiger partial charge in [-0.15, -0.1) is 0 Å². The van der Waals surface area contributed by atoms with E-state index in [1.165, 1.54) is 0 Å². The average Bonchev–Trinajstić information content (AvgIpc) is 2.95. The first-order valence-corrected chi connectivity index (χ1v) is 8.29. The van der Waals surface area contributed by atoms with Crippen molar-refractivity contribution in [1.29, 1.82) is 0 Å². The molecule has 132 valence electrons. The molecule has 1 fully saturated rings. The molecule has 1 aromatic rings. The highest BCUT2D eigenvalue weighted by molar-refractivity contribution is 5.89. The monoisotopic (exact) mass is 334 g/mol. The van der Waals surface area contributed by atoms with Gasteiger partial charge in [-0.05, 0) is 31.5 Å². The first kappa shape index (κ1) is 18.3. The number of methoxy groups -OCH3 is 1. The summed E-state index contributed by atoms with van der Waals surface area (Å²) < 4.78 is 10.5. The van der Waals surface area contributed by atoms with Crippen molar-refractivity contribution in [3.05, 3.63) is 29.8 Å². The van der Waals surface area contributed by atoms with Gasteiger partial charge in [-0.1, -0.05) is 12.1 Å². The summed E-state index contributed by atoms with van der Waals surface area (Å²) in [7, 11) is 1.63. The molecule has 1 heterocycles. The second kappa shape index (κ2) is 8.68. The summed E-state index contributed by atoms with van der Waals surface area (Å²) in [6, 6.07) is 7.73. The summed E-state index contributed by atoms with van der Waals surface area (Å²) in [4.78, 5) is 25.9. The third-order valence-corrected chi connectivity index (χ3v) is 4.07. The number of nitrogens with one attached hydrogen (secondary N) is 1. The molecule has 1 saturated heterocycles. The number of carbonyl (C=O) groups excluding carboxylic acids is 2. The Kier molecular flexibility index (Phi) is 6.61. The fourth-order valence-electron chi connectivity index (χ4n) is 2.73. The average molecular weight is 334 g/mol. The molecule has 2 amide bonds. The third-order valence-electron chi connectivity index (χ3n) is 4.07. The van der Waals surface area contributed by atoms with Gasteiger partial charge in [-0.3, -0.25) is 9.59 Å². The Morgan fingerprint density at radius 1 is 1.38 bits per heavy atom. The van der Waals surface area contributed by atoms with Crippen LogP contribution in [0.4, 0.5) is 0 Å². The minimum absolute atomic E-state index is 0.0543. The van der Waals surface area contributed by atoms with Crippen LogP contribution in [-0.4, -0.2) is 49.6 Å². The quantitative estimate of drug-likeness (QED) is 0.733. The third kappa shape index (κ3) is 4.96. The smallest absolute Gasteiger partial charge is 0.225 e. The Morgan fingerprint density at radius 3 is 2.83 bits per heavy atom. The summed E-state index contributed by atoms with van der Waals surface area (Å²) in [5.41, 5.74) is 0.961. The van der Waals surface area contributed by atoms with Crippen molar-refractivity contribution >= 4 is 11.8 Å². The van der Waals surface area contributed by atoms with Crippen LogP contribution in [0.15, 0.2) is 24.3 Å². The molecule has 1 N–H and O–H groups in total. The molecule has 0 aliphatic carbocycles. The van der Waals surface area contributed by atoms with Gasteiger partial charge >= 0.3 is 0 Å². The van der Waals surface area contributed by atoms with Crippen LogP contribution in [-0.2, 0) is 20.9 Å². The van der Waals surface area contributed by atoms with E-state index in [1.807, 2.05) is 38.1 Å². The number of nitrogens with zero attached hydrogens (tertiary/aromatic N) is 1. The van der Waals surface area contributed by atoms with Crippen LogP contribution >= 0.6 is 0 Å². The van der Waals surface area contributed by atoms with E-state index >= 15 is 0 Å². The zero-order chi connectivity index (χ0) is 17.5. The maximum atomic E-state index is 12.3. The molecule has 0 aromatic heterocycles. The van der Waals surface area contributed by atoms with Gasteiger partial charge in [-0.25, -0.2) is 0 Å². The predicted octanol–water partition coefficient (Wildman–Crippen LogP) is 1.58. The summed E-state index contributed by atoms with van der Waals surface area (Å²) in [6.07, 6.45) is 0.296. The Labute approximate surface area is 143 Å². The van der Waals surface area contributed by atoms with E-state index in [4.69, 9.17) is 9.47 Å². The lowest BCUT2D eigenvalue weighted by Gasteiger charge is -2.20. The fourth-order valence-corrected chi connectivity index (χ4v) is 2.73. The van der Waals surface area contributed by atoms with Crippen LogP contribution < -0.4 is 10.1 Å². The minimum Gasteiger partial charge on any atom is -0.491 e. The van der Waals surface area contributed by atoms with Gasteiger partial charge in [0.25, 0.3) is 0 Å². The van der Waals surface area contributed by atoms with Crippen molar-refractivity contribution in [2.75, 3.05) is 26.9 Å². The van der Waals surface area contributed by atoms with E-state index in [1.54, 1.807) is 12.0 Å². The molecule has 1 aromatic carbocycles. The Balaban J connectivity index is 1.84. The number of hydrogen-bond donors (Lipinski definition) is 1. The Bertz CT molecular complexity index is 574. The van der Waals surface area contributed by atoms with Gasteiger partial charge in [0.05, 0.1) is 12.5 Å². The van der Waals surface area contributed by atoms with E-state index in [0.717, 1.165) is 11.3 Å². The van der Waals surface area contributed by atoms with Crippen molar-refractivity contribution in [3.63, 3.8) is 0 Å². The van der Waals surface area contributed by atoms with E-state index in [0.29, 0.717) is 32.7 Å². The standard InChI is InChI=1S/C18H26N2O4/c1-13(2)20-12-15(10-17(20)21)18(22)19-11-14-5-4-6-16(9-14)24-8-7-23-3/h4-6,9,13,15H,7-8,10-12H2,1-3H3,(H,19,22). The van der Waals surface area contributed by atoms with Crippen LogP contribution in [0.25, 0.3) is 0 Å². The van der Waals surface area contributed by atoms with Crippen molar-refractivity contribution in [1.82, 2.24) is 10.2 Å². The molecule has 1 aliphatic rings. The minimum atomic E-state index is -0.263. The van der Waals surface area contributed by atoms with Gasteiger partial charge in [0.1, 0.15) is 12.4 Å². The van der Waals surface area contributed by atoms with Crippen LogP contribution in [0.2, 0.25) is 0 Å². The number of likely N-dealkylation sites (tertiary alicyclic amines) is 1. The molecule has 1 atom stereocenters. The molecular weight excluding hydrogens is 308 g/mol. The molecule has 0 saturated carbocycles. The lowest BCUT2D eigenvalue weighted by molar-refractivity contribution is -0.129. The number of rotatable bonds is 8. The van der Waals surface area contributed by atoms with E-state index in [-0.39, 0.29) is 23.8 Å². The molecule has 6 nitrogen and oxygen atoms in total. The molecule has 0 bridgehead atoms.